The fraction of sp³-hybridized carbons (Fsp3) is 0.800. The Labute approximate surface area is 64.3 Å². The van der Waals surface area contributed by atoms with E-state index in [-0.39, 0.29) is 0 Å². The molecule has 0 radical (unpaired) electrons. The van der Waals surface area contributed by atoms with Crippen LogP contribution in [0.4, 0.5) is 0 Å². The molecule has 0 bridgehead atoms. The minimum Gasteiger partial charge on any atom is -0.103 e. The van der Waals surface area contributed by atoms with Crippen molar-refractivity contribution in [3.05, 3.63) is 12.7 Å². The fourth-order valence-electron chi connectivity index (χ4n) is 1.56. The minimum atomic E-state index is 1.08. The summed E-state index contributed by atoms with van der Waals surface area (Å²) >= 11 is 0. The zero-order valence-electron chi connectivity index (χ0n) is 6.97. The number of rotatable bonds is 1. The molecule has 0 saturated heterocycles. The zero-order valence-corrected chi connectivity index (χ0v) is 6.97. The van der Waals surface area contributed by atoms with Crippen LogP contribution in [0.25, 0.3) is 0 Å². The molecular formula is C10H18. The van der Waals surface area contributed by atoms with Crippen molar-refractivity contribution in [1.29, 1.82) is 0 Å². The lowest BCUT2D eigenvalue weighted by Crippen LogP contribution is -2.34. The largest absolute Gasteiger partial charge is 0.103 e. The first kappa shape index (κ1) is 7.84. The smallest absolute Gasteiger partial charge is 0.0382 e. The van der Waals surface area contributed by atoms with Gasteiger partial charge in [-0.15, -0.1) is 6.58 Å². The van der Waals surface area contributed by atoms with Crippen LogP contribution in [0, 0.1) is 11.8 Å². The zero-order chi connectivity index (χ0) is 7.40. The highest BCUT2D eigenvalue weighted by Gasteiger charge is 2.37. The van der Waals surface area contributed by atoms with E-state index in [1.165, 1.54) is 11.8 Å². The Morgan fingerprint density at radius 3 is 1.50 bits per heavy atom. The molecule has 0 N–H and O–H groups in total. The first-order valence-corrected chi connectivity index (χ1v) is 4.49. The molecule has 0 heteroatoms. The van der Waals surface area contributed by atoms with Crippen molar-refractivity contribution < 1.29 is 0 Å². The molecule has 2 aliphatic rings. The third-order valence-electron chi connectivity index (χ3n) is 2.77. The summed E-state index contributed by atoms with van der Waals surface area (Å²) in [7, 11) is 0. The molecule has 2 aliphatic carbocycles. The van der Waals surface area contributed by atoms with Crippen molar-refractivity contribution in [1.82, 2.24) is 0 Å². The first-order chi connectivity index (χ1) is 4.88. The summed E-state index contributed by atoms with van der Waals surface area (Å²) in [4.78, 5) is 0. The molecule has 2 rings (SSSR count). The maximum atomic E-state index is 3.48. The standard InChI is InChI=1S/C6H10.C4H8/c1-2-6-4-3-5(1)6;1-3-4-2/h5-6H,1-4H2;3H,1,4H2,2H3. The van der Waals surface area contributed by atoms with Crippen molar-refractivity contribution in [2.24, 2.45) is 11.8 Å². The van der Waals surface area contributed by atoms with Crippen LogP contribution in [0.15, 0.2) is 12.7 Å². The number of fused-ring (bicyclic) bond motifs is 1. The molecule has 0 heterocycles. The van der Waals surface area contributed by atoms with Gasteiger partial charge < -0.3 is 0 Å². The summed E-state index contributed by atoms with van der Waals surface area (Å²) < 4.78 is 0. The van der Waals surface area contributed by atoms with Crippen LogP contribution in [0.5, 0.6) is 0 Å². The van der Waals surface area contributed by atoms with Gasteiger partial charge in [0, 0.05) is 0 Å². The summed E-state index contributed by atoms with van der Waals surface area (Å²) in [6.07, 6.45) is 9.20. The van der Waals surface area contributed by atoms with Gasteiger partial charge >= 0.3 is 0 Å². The third kappa shape index (κ3) is 1.62. The highest BCUT2D eigenvalue weighted by molar-refractivity contribution is 4.89. The lowest BCUT2D eigenvalue weighted by molar-refractivity contribution is 0.0548. The molecule has 58 valence electrons. The Bertz CT molecular complexity index is 86.6. The molecule has 0 unspecified atom stereocenters. The average Bonchev–Trinajstić information content (AvgIpc) is 1.97. The van der Waals surface area contributed by atoms with Crippen LogP contribution in [-0.4, -0.2) is 0 Å². The Kier molecular flexibility index (Phi) is 2.98. The van der Waals surface area contributed by atoms with Crippen LogP contribution in [0.2, 0.25) is 0 Å². The van der Waals surface area contributed by atoms with Crippen LogP contribution in [-0.2, 0) is 0 Å². The molecule has 0 aromatic carbocycles. The van der Waals surface area contributed by atoms with E-state index in [4.69, 9.17) is 0 Å². The highest BCUT2D eigenvalue weighted by atomic mass is 14.4. The molecule has 0 aromatic heterocycles. The molecule has 0 aliphatic heterocycles. The number of allylic oxidation sites excluding steroid dienone is 1. The van der Waals surface area contributed by atoms with Crippen molar-refractivity contribution in [3.8, 4) is 0 Å². The number of hydrogen-bond donors (Lipinski definition) is 0. The normalized spacial score (nSPS) is 33.7. The molecule has 2 saturated carbocycles. The molecule has 2 fully saturated rings. The summed E-state index contributed by atoms with van der Waals surface area (Å²) in [5, 5.41) is 0. The molecule has 10 heavy (non-hydrogen) atoms. The van der Waals surface area contributed by atoms with Gasteiger partial charge in [-0.25, -0.2) is 0 Å². The molecular weight excluding hydrogens is 120 g/mol. The first-order valence-electron chi connectivity index (χ1n) is 4.49. The van der Waals surface area contributed by atoms with Gasteiger partial charge in [-0.2, -0.15) is 0 Å². The van der Waals surface area contributed by atoms with Crippen LogP contribution < -0.4 is 0 Å². The summed E-state index contributed by atoms with van der Waals surface area (Å²) in [5.74, 6) is 2.43. The van der Waals surface area contributed by atoms with Gasteiger partial charge in [0.05, 0.1) is 0 Å². The summed E-state index contributed by atoms with van der Waals surface area (Å²) in [6.45, 7) is 5.54. The monoisotopic (exact) mass is 138 g/mol. The maximum Gasteiger partial charge on any atom is -0.0382 e. The van der Waals surface area contributed by atoms with Gasteiger partial charge in [0.2, 0.25) is 0 Å². The maximum absolute atomic E-state index is 3.48. The summed E-state index contributed by atoms with van der Waals surface area (Å²) in [6, 6.07) is 0. The van der Waals surface area contributed by atoms with E-state index in [1.807, 2.05) is 6.08 Å². The molecule has 0 amide bonds. The quantitative estimate of drug-likeness (QED) is 0.487. The van der Waals surface area contributed by atoms with E-state index in [9.17, 15) is 0 Å². The molecule has 0 nitrogen and oxygen atoms in total. The van der Waals surface area contributed by atoms with Crippen molar-refractivity contribution in [2.75, 3.05) is 0 Å². The predicted molar refractivity (Wildman–Crippen MR) is 45.9 cm³/mol. The Balaban J connectivity index is 0.000000112. The molecule has 0 spiro atoms. The van der Waals surface area contributed by atoms with E-state index in [0.717, 1.165) is 6.42 Å². The van der Waals surface area contributed by atoms with Gasteiger partial charge in [0.1, 0.15) is 0 Å². The number of hydrogen-bond acceptors (Lipinski definition) is 0. The van der Waals surface area contributed by atoms with E-state index in [2.05, 4.69) is 13.5 Å². The Morgan fingerprint density at radius 1 is 1.20 bits per heavy atom. The van der Waals surface area contributed by atoms with Crippen molar-refractivity contribution in [2.45, 2.75) is 39.0 Å². The average molecular weight is 138 g/mol. The SMILES string of the molecule is C1CC2CCC12.C=CCC. The lowest BCUT2D eigenvalue weighted by Gasteiger charge is -2.46. The van der Waals surface area contributed by atoms with Gasteiger partial charge in [-0.3, -0.25) is 0 Å². The van der Waals surface area contributed by atoms with Gasteiger partial charge in [0.15, 0.2) is 0 Å². The summed E-state index contributed by atoms with van der Waals surface area (Å²) in [5.41, 5.74) is 0. The predicted octanol–water partition coefficient (Wildman–Crippen LogP) is 3.39. The second kappa shape index (κ2) is 3.80. The molecule has 0 atom stereocenters. The third-order valence-corrected chi connectivity index (χ3v) is 2.77. The van der Waals surface area contributed by atoms with E-state index in [1.54, 1.807) is 25.7 Å². The van der Waals surface area contributed by atoms with E-state index >= 15 is 0 Å². The van der Waals surface area contributed by atoms with Gasteiger partial charge in [-0.1, -0.05) is 13.0 Å². The Hall–Kier alpha value is -0.260. The van der Waals surface area contributed by atoms with Crippen molar-refractivity contribution >= 4 is 0 Å². The fourth-order valence-corrected chi connectivity index (χ4v) is 1.56. The van der Waals surface area contributed by atoms with Gasteiger partial charge in [0.25, 0.3) is 0 Å². The van der Waals surface area contributed by atoms with Crippen LogP contribution in [0.3, 0.4) is 0 Å². The van der Waals surface area contributed by atoms with E-state index < -0.39 is 0 Å². The van der Waals surface area contributed by atoms with E-state index in [0.29, 0.717) is 0 Å². The molecule has 0 aromatic rings. The van der Waals surface area contributed by atoms with Gasteiger partial charge in [-0.05, 0) is 43.9 Å². The second-order valence-electron chi connectivity index (χ2n) is 3.37. The topological polar surface area (TPSA) is 0 Å². The second-order valence-corrected chi connectivity index (χ2v) is 3.37. The minimum absolute atomic E-state index is 1.08. The highest BCUT2D eigenvalue weighted by Crippen LogP contribution is 2.49. The lowest BCUT2D eigenvalue weighted by atomic mass is 9.60. The van der Waals surface area contributed by atoms with Crippen LogP contribution in [0.1, 0.15) is 39.0 Å². The van der Waals surface area contributed by atoms with Crippen LogP contribution >= 0.6 is 0 Å². The van der Waals surface area contributed by atoms with Crippen molar-refractivity contribution in [3.63, 3.8) is 0 Å². The Morgan fingerprint density at radius 2 is 1.50 bits per heavy atom.